The number of benzene rings is 1. The minimum Gasteiger partial charge on any atom is -0.490 e. The summed E-state index contributed by atoms with van der Waals surface area (Å²) in [6.45, 7) is 7.96. The molecular weight excluding hydrogens is 602 g/mol. The summed E-state index contributed by atoms with van der Waals surface area (Å²) in [5, 5.41) is 15.6. The number of nitrogens with one attached hydrogen (secondary N) is 2. The molecule has 1 heterocycles. The lowest BCUT2D eigenvalue weighted by molar-refractivity contribution is -0.146. The van der Waals surface area contributed by atoms with E-state index in [0.29, 0.717) is 38.2 Å². The van der Waals surface area contributed by atoms with Crippen molar-refractivity contribution in [2.75, 3.05) is 31.2 Å². The molecule has 4 aliphatic rings. The Morgan fingerprint density at radius 3 is 2.30 bits per heavy atom. The smallest absolute Gasteiger partial charge is 0.310 e. The van der Waals surface area contributed by atoms with E-state index >= 15 is 0 Å². The highest BCUT2D eigenvalue weighted by atomic mass is 16.5. The first-order chi connectivity index (χ1) is 22.5. The van der Waals surface area contributed by atoms with E-state index in [1.165, 1.54) is 6.92 Å². The molecule has 3 saturated carbocycles. The number of carbonyl (C=O) groups excluding carboxylic acids is 4. The van der Waals surface area contributed by atoms with Crippen LogP contribution in [0.25, 0.3) is 0 Å². The Balaban J connectivity index is 1.35. The molecule has 2 amide bonds. The molecule has 1 aliphatic heterocycles. The van der Waals surface area contributed by atoms with Gasteiger partial charge in [-0.3, -0.25) is 24.0 Å². The number of morpholine rings is 1. The first-order valence-electron chi connectivity index (χ1n) is 17.4. The van der Waals surface area contributed by atoms with E-state index in [1.54, 1.807) is 0 Å². The van der Waals surface area contributed by atoms with E-state index in [0.717, 1.165) is 50.9 Å². The van der Waals surface area contributed by atoms with Crippen molar-refractivity contribution in [2.45, 2.75) is 103 Å². The van der Waals surface area contributed by atoms with Crippen molar-refractivity contribution >= 4 is 35.0 Å². The van der Waals surface area contributed by atoms with Crippen LogP contribution in [-0.2, 0) is 28.7 Å². The molecule has 11 heteroatoms. The summed E-state index contributed by atoms with van der Waals surface area (Å²) in [4.78, 5) is 68.2. The van der Waals surface area contributed by atoms with Crippen LogP contribution in [0.4, 0.5) is 5.69 Å². The number of carboxylic acids is 1. The van der Waals surface area contributed by atoms with Gasteiger partial charge in [-0.15, -0.1) is 0 Å². The largest absolute Gasteiger partial charge is 0.490 e. The van der Waals surface area contributed by atoms with Crippen LogP contribution < -0.4 is 20.3 Å². The van der Waals surface area contributed by atoms with Gasteiger partial charge in [0.1, 0.15) is 23.7 Å². The van der Waals surface area contributed by atoms with Gasteiger partial charge in [-0.05, 0) is 62.5 Å². The predicted molar refractivity (Wildman–Crippen MR) is 175 cm³/mol. The van der Waals surface area contributed by atoms with Crippen LogP contribution in [0.1, 0.15) is 85.0 Å². The fourth-order valence-corrected chi connectivity index (χ4v) is 7.73. The predicted octanol–water partition coefficient (Wildman–Crippen LogP) is 3.92. The molecule has 1 aromatic carbocycles. The number of carboxylic acid groups (broad SMARTS) is 1. The number of ether oxygens (including phenoxy) is 2. The van der Waals surface area contributed by atoms with Crippen molar-refractivity contribution in [3.8, 4) is 5.75 Å². The lowest BCUT2D eigenvalue weighted by atomic mass is 9.79. The quantitative estimate of drug-likeness (QED) is 0.271. The molecule has 3 N–H and O–H groups in total. The third-order valence-electron chi connectivity index (χ3n) is 10.6. The fourth-order valence-electron chi connectivity index (χ4n) is 7.73. The van der Waals surface area contributed by atoms with Crippen LogP contribution in [-0.4, -0.2) is 78.9 Å². The van der Waals surface area contributed by atoms with Gasteiger partial charge in [0.15, 0.2) is 5.78 Å². The summed E-state index contributed by atoms with van der Waals surface area (Å²) in [7, 11) is 0. The standard InChI is InChI=1S/C36H51N3O8/c1-22(2)31(38-34(43)32(37-23(3)40)24-8-5-4-6-9-24)33(42)29-20-27(19-28(29)30(41)21-36(12-13-36)35(44)45)47-26-11-7-10-25(18-26)39-14-16-46-17-15-39/h7,10-11,18,22,24,27-29,31-32H,4-6,8-9,12-17,19-21H2,1-3H3,(H,37,40)(H,38,43)(H,44,45)/t27-,28-,29?,31+,32+/m1/s1. The number of hydrogen-bond acceptors (Lipinski definition) is 8. The zero-order valence-corrected chi connectivity index (χ0v) is 28.0. The second-order valence-corrected chi connectivity index (χ2v) is 14.5. The van der Waals surface area contributed by atoms with Gasteiger partial charge in [0.2, 0.25) is 11.8 Å². The summed E-state index contributed by atoms with van der Waals surface area (Å²) in [6, 6.07) is 6.16. The summed E-state index contributed by atoms with van der Waals surface area (Å²) < 4.78 is 11.9. The third-order valence-corrected chi connectivity index (χ3v) is 10.6. The summed E-state index contributed by atoms with van der Waals surface area (Å²) in [6.07, 6.45) is 5.66. The number of amides is 2. The van der Waals surface area contributed by atoms with Gasteiger partial charge < -0.3 is 30.1 Å². The van der Waals surface area contributed by atoms with Crippen LogP contribution in [0, 0.1) is 29.1 Å². The van der Waals surface area contributed by atoms with Crippen LogP contribution in [0.5, 0.6) is 5.75 Å². The Hall–Kier alpha value is -3.47. The lowest BCUT2D eigenvalue weighted by Crippen LogP contribution is -2.56. The molecule has 258 valence electrons. The Bertz CT molecular complexity index is 1310. The van der Waals surface area contributed by atoms with Crippen LogP contribution >= 0.6 is 0 Å². The molecule has 0 aromatic heterocycles. The highest BCUT2D eigenvalue weighted by Crippen LogP contribution is 2.51. The number of Topliss-reactive ketones (excluding diaryl/α,β-unsaturated/α-hetero) is 2. The molecule has 1 unspecified atom stereocenters. The van der Waals surface area contributed by atoms with E-state index in [1.807, 2.05) is 38.1 Å². The van der Waals surface area contributed by atoms with E-state index < -0.39 is 41.4 Å². The number of aliphatic carboxylic acids is 1. The minimum atomic E-state index is -1.05. The van der Waals surface area contributed by atoms with Crippen molar-refractivity contribution in [3.63, 3.8) is 0 Å². The van der Waals surface area contributed by atoms with E-state index in [-0.39, 0.29) is 48.1 Å². The van der Waals surface area contributed by atoms with Gasteiger partial charge in [-0.1, -0.05) is 39.2 Å². The highest BCUT2D eigenvalue weighted by molar-refractivity contribution is 5.98. The Kier molecular flexibility index (Phi) is 11.3. The molecule has 4 fully saturated rings. The molecule has 5 atom stereocenters. The van der Waals surface area contributed by atoms with Gasteiger partial charge >= 0.3 is 5.97 Å². The number of rotatable bonds is 14. The zero-order chi connectivity index (χ0) is 33.7. The molecule has 0 bridgehead atoms. The average molecular weight is 654 g/mol. The van der Waals surface area contributed by atoms with Gasteiger partial charge in [0, 0.05) is 50.0 Å². The fraction of sp³-hybridized carbons (Fsp3) is 0.694. The van der Waals surface area contributed by atoms with E-state index in [9.17, 15) is 29.1 Å². The number of carbonyl (C=O) groups is 5. The van der Waals surface area contributed by atoms with Gasteiger partial charge in [-0.25, -0.2) is 0 Å². The van der Waals surface area contributed by atoms with Crippen LogP contribution in [0.3, 0.4) is 0 Å². The normalized spacial score (nSPS) is 25.4. The monoisotopic (exact) mass is 653 g/mol. The number of ketones is 2. The van der Waals surface area contributed by atoms with Crippen molar-refractivity contribution in [1.29, 1.82) is 0 Å². The van der Waals surface area contributed by atoms with Crippen molar-refractivity contribution in [2.24, 2.45) is 29.1 Å². The summed E-state index contributed by atoms with van der Waals surface area (Å²) in [5.74, 6) is -3.21. The van der Waals surface area contributed by atoms with E-state index in [2.05, 4.69) is 15.5 Å². The highest BCUT2D eigenvalue weighted by Gasteiger charge is 2.54. The maximum Gasteiger partial charge on any atom is 0.310 e. The average Bonchev–Trinajstić information content (AvgIpc) is 3.73. The molecule has 1 saturated heterocycles. The molecule has 3 aliphatic carbocycles. The molecule has 1 aromatic rings. The Morgan fingerprint density at radius 2 is 1.68 bits per heavy atom. The topological polar surface area (TPSA) is 151 Å². The Morgan fingerprint density at radius 1 is 1.00 bits per heavy atom. The Labute approximate surface area is 277 Å². The number of anilines is 1. The zero-order valence-electron chi connectivity index (χ0n) is 28.0. The maximum absolute atomic E-state index is 14.4. The molecule has 5 rings (SSSR count). The van der Waals surface area contributed by atoms with Crippen LogP contribution in [0.2, 0.25) is 0 Å². The second-order valence-electron chi connectivity index (χ2n) is 14.5. The van der Waals surface area contributed by atoms with Crippen molar-refractivity contribution < 1.29 is 38.6 Å². The van der Waals surface area contributed by atoms with E-state index in [4.69, 9.17) is 9.47 Å². The van der Waals surface area contributed by atoms with Gasteiger partial charge in [0.25, 0.3) is 0 Å². The minimum absolute atomic E-state index is 0.00636. The first-order valence-corrected chi connectivity index (χ1v) is 17.4. The van der Waals surface area contributed by atoms with Crippen molar-refractivity contribution in [3.05, 3.63) is 24.3 Å². The summed E-state index contributed by atoms with van der Waals surface area (Å²) in [5.41, 5.74) is -0.0386. The van der Waals surface area contributed by atoms with Crippen molar-refractivity contribution in [1.82, 2.24) is 10.6 Å². The maximum atomic E-state index is 14.4. The SMILES string of the molecule is CC(=O)N[C@H](C(=O)N[C@H](C(=O)C1C[C@H](Oc2cccc(N3CCOCC3)c2)C[C@H]1C(=O)CC1(C(=O)O)CC1)C(C)C)C1CCCCC1. The molecule has 47 heavy (non-hydrogen) atoms. The number of nitrogens with zero attached hydrogens (tertiary/aromatic N) is 1. The molecular formula is C36H51N3O8. The second kappa shape index (κ2) is 15.2. The summed E-state index contributed by atoms with van der Waals surface area (Å²) >= 11 is 0. The van der Waals surface area contributed by atoms with Gasteiger partial charge in [0.05, 0.1) is 24.7 Å². The number of hydrogen-bond donors (Lipinski definition) is 3. The van der Waals surface area contributed by atoms with Gasteiger partial charge in [-0.2, -0.15) is 0 Å². The molecule has 0 radical (unpaired) electrons. The third kappa shape index (κ3) is 8.52. The molecule has 11 nitrogen and oxygen atoms in total. The first kappa shape index (κ1) is 34.9. The molecule has 0 spiro atoms. The van der Waals surface area contributed by atoms with Crippen LogP contribution in [0.15, 0.2) is 24.3 Å². The lowest BCUT2D eigenvalue weighted by Gasteiger charge is -2.33.